The van der Waals surface area contributed by atoms with Crippen molar-refractivity contribution < 1.29 is 23.1 Å². The second kappa shape index (κ2) is 6.51. The molecule has 0 radical (unpaired) electrons. The Bertz CT molecular complexity index is 548. The molecule has 3 unspecified atom stereocenters. The van der Waals surface area contributed by atoms with E-state index in [1.807, 2.05) is 0 Å². The molecule has 22 heavy (non-hydrogen) atoms. The maximum Gasteiger partial charge on any atom is 0.242 e. The molecule has 0 aliphatic carbocycles. The SMILES string of the molecule is CC(=O)N(CC1(C)CCCN1S(C)(=O)=O)C(C(N)=O)C(C)O. The highest BCUT2D eigenvalue weighted by Crippen LogP contribution is 2.32. The Morgan fingerprint density at radius 3 is 2.36 bits per heavy atom. The summed E-state index contributed by atoms with van der Waals surface area (Å²) >= 11 is 0. The lowest BCUT2D eigenvalue weighted by Gasteiger charge is -2.40. The molecule has 0 aromatic carbocycles. The van der Waals surface area contributed by atoms with Crippen molar-refractivity contribution in [3.8, 4) is 0 Å². The molecule has 0 spiro atoms. The molecule has 1 rings (SSSR count). The van der Waals surface area contributed by atoms with Gasteiger partial charge in [0.2, 0.25) is 21.8 Å². The Kier molecular flexibility index (Phi) is 5.58. The molecule has 3 N–H and O–H groups in total. The van der Waals surface area contributed by atoms with E-state index in [-0.39, 0.29) is 6.54 Å². The van der Waals surface area contributed by atoms with Crippen LogP contribution in [0, 0.1) is 0 Å². The van der Waals surface area contributed by atoms with Crippen molar-refractivity contribution >= 4 is 21.8 Å². The Labute approximate surface area is 131 Å². The molecule has 1 fully saturated rings. The van der Waals surface area contributed by atoms with E-state index in [2.05, 4.69) is 0 Å². The molecule has 3 atom stereocenters. The average molecular weight is 335 g/mol. The van der Waals surface area contributed by atoms with Crippen LogP contribution in [0.15, 0.2) is 0 Å². The number of primary amides is 1. The van der Waals surface area contributed by atoms with Gasteiger partial charge in [-0.3, -0.25) is 9.59 Å². The summed E-state index contributed by atoms with van der Waals surface area (Å²) in [4.78, 5) is 24.7. The van der Waals surface area contributed by atoms with Gasteiger partial charge in [0.05, 0.1) is 17.9 Å². The highest BCUT2D eigenvalue weighted by molar-refractivity contribution is 7.88. The van der Waals surface area contributed by atoms with Gasteiger partial charge in [-0.2, -0.15) is 4.31 Å². The number of carbonyl (C=O) groups excluding carboxylic acids is 2. The fourth-order valence-electron chi connectivity index (χ4n) is 3.15. The molecule has 128 valence electrons. The van der Waals surface area contributed by atoms with Crippen LogP contribution < -0.4 is 5.73 Å². The summed E-state index contributed by atoms with van der Waals surface area (Å²) in [5, 5.41) is 9.76. The molecule has 1 saturated heterocycles. The van der Waals surface area contributed by atoms with Crippen LogP contribution in [0.1, 0.15) is 33.6 Å². The van der Waals surface area contributed by atoms with Crippen molar-refractivity contribution in [2.24, 2.45) is 5.73 Å². The summed E-state index contributed by atoms with van der Waals surface area (Å²) in [6.45, 7) is 4.75. The summed E-state index contributed by atoms with van der Waals surface area (Å²) in [5.74, 6) is -1.26. The third-order valence-corrected chi connectivity index (χ3v) is 5.50. The average Bonchev–Trinajstić information content (AvgIpc) is 2.69. The lowest BCUT2D eigenvalue weighted by molar-refractivity contribution is -0.143. The Morgan fingerprint density at radius 1 is 1.45 bits per heavy atom. The summed E-state index contributed by atoms with van der Waals surface area (Å²) in [5.41, 5.74) is 4.47. The number of hydrogen-bond donors (Lipinski definition) is 2. The standard InChI is InChI=1S/C13H25N3O5S/c1-9(17)11(12(14)19)15(10(2)18)8-13(3)6-5-7-16(13)22(4,20)21/h9,11,17H,5-8H2,1-4H3,(H2,14,19). The number of amides is 2. The van der Waals surface area contributed by atoms with Gasteiger partial charge in [-0.25, -0.2) is 8.42 Å². The number of carbonyl (C=O) groups is 2. The Balaban J connectivity index is 3.14. The van der Waals surface area contributed by atoms with Gasteiger partial charge in [-0.15, -0.1) is 0 Å². The molecule has 1 aliphatic rings. The van der Waals surface area contributed by atoms with E-state index in [4.69, 9.17) is 5.73 Å². The first-order valence-corrected chi connectivity index (χ1v) is 8.97. The molecule has 1 heterocycles. The van der Waals surface area contributed by atoms with Crippen molar-refractivity contribution in [1.82, 2.24) is 9.21 Å². The van der Waals surface area contributed by atoms with E-state index >= 15 is 0 Å². The zero-order valence-corrected chi connectivity index (χ0v) is 14.3. The van der Waals surface area contributed by atoms with Gasteiger partial charge >= 0.3 is 0 Å². The van der Waals surface area contributed by atoms with Crippen LogP contribution in [-0.2, 0) is 19.6 Å². The molecule has 1 aliphatic heterocycles. The van der Waals surface area contributed by atoms with Crippen LogP contribution in [0.5, 0.6) is 0 Å². The largest absolute Gasteiger partial charge is 0.391 e. The summed E-state index contributed by atoms with van der Waals surface area (Å²) in [6.07, 6.45) is 1.22. The summed E-state index contributed by atoms with van der Waals surface area (Å²) in [6, 6.07) is -1.18. The molecular weight excluding hydrogens is 310 g/mol. The normalized spacial score (nSPS) is 25.7. The topological polar surface area (TPSA) is 121 Å². The van der Waals surface area contributed by atoms with Gasteiger partial charge in [-0.05, 0) is 26.7 Å². The van der Waals surface area contributed by atoms with Crippen molar-refractivity contribution in [2.45, 2.75) is 51.3 Å². The third kappa shape index (κ3) is 3.96. The molecule has 9 heteroatoms. The number of hydrogen-bond acceptors (Lipinski definition) is 5. The van der Waals surface area contributed by atoms with Crippen LogP contribution in [0.4, 0.5) is 0 Å². The van der Waals surface area contributed by atoms with Crippen molar-refractivity contribution in [3.63, 3.8) is 0 Å². The van der Waals surface area contributed by atoms with Gasteiger partial charge in [0.25, 0.3) is 0 Å². The maximum absolute atomic E-state index is 11.9. The molecule has 0 aromatic rings. The lowest BCUT2D eigenvalue weighted by Crippen LogP contribution is -2.60. The van der Waals surface area contributed by atoms with Crippen molar-refractivity contribution in [2.75, 3.05) is 19.3 Å². The third-order valence-electron chi connectivity index (χ3n) is 4.08. The van der Waals surface area contributed by atoms with Gasteiger partial charge in [0, 0.05) is 20.0 Å². The van der Waals surface area contributed by atoms with Gasteiger partial charge in [0.1, 0.15) is 6.04 Å². The summed E-state index contributed by atoms with van der Waals surface area (Å²) < 4.78 is 25.2. The molecule has 2 amide bonds. The number of sulfonamides is 1. The zero-order valence-electron chi connectivity index (χ0n) is 13.4. The van der Waals surface area contributed by atoms with Crippen LogP contribution in [0.2, 0.25) is 0 Å². The van der Waals surface area contributed by atoms with E-state index < -0.39 is 39.5 Å². The fourth-order valence-corrected chi connectivity index (χ4v) is 4.56. The molecule has 0 aromatic heterocycles. The molecule has 0 saturated carbocycles. The number of aliphatic hydroxyl groups is 1. The van der Waals surface area contributed by atoms with Crippen LogP contribution in [-0.4, -0.2) is 71.6 Å². The number of rotatable bonds is 6. The van der Waals surface area contributed by atoms with Crippen LogP contribution >= 0.6 is 0 Å². The first-order chi connectivity index (χ1) is 9.90. The molecular formula is C13H25N3O5S. The second-order valence-electron chi connectivity index (χ2n) is 6.17. The predicted molar refractivity (Wildman–Crippen MR) is 81.2 cm³/mol. The highest BCUT2D eigenvalue weighted by atomic mass is 32.2. The van der Waals surface area contributed by atoms with E-state index in [1.165, 1.54) is 18.2 Å². The van der Waals surface area contributed by atoms with Gasteiger partial charge in [0.15, 0.2) is 0 Å². The smallest absolute Gasteiger partial charge is 0.242 e. The summed E-state index contributed by atoms with van der Waals surface area (Å²) in [7, 11) is -3.43. The van der Waals surface area contributed by atoms with E-state index in [0.717, 1.165) is 11.2 Å². The number of nitrogens with two attached hydrogens (primary N) is 1. The lowest BCUT2D eigenvalue weighted by atomic mass is 9.97. The zero-order chi connectivity index (χ0) is 17.3. The van der Waals surface area contributed by atoms with E-state index in [9.17, 15) is 23.1 Å². The van der Waals surface area contributed by atoms with Crippen molar-refractivity contribution in [1.29, 1.82) is 0 Å². The van der Waals surface area contributed by atoms with E-state index in [1.54, 1.807) is 6.92 Å². The quantitative estimate of drug-likeness (QED) is 0.637. The number of aliphatic hydroxyl groups excluding tert-OH is 1. The van der Waals surface area contributed by atoms with Crippen molar-refractivity contribution in [3.05, 3.63) is 0 Å². The van der Waals surface area contributed by atoms with Crippen LogP contribution in [0.25, 0.3) is 0 Å². The molecule has 8 nitrogen and oxygen atoms in total. The first kappa shape index (κ1) is 18.9. The monoisotopic (exact) mass is 335 g/mol. The second-order valence-corrected chi connectivity index (χ2v) is 8.08. The Hall–Kier alpha value is -1.19. The van der Waals surface area contributed by atoms with Gasteiger partial charge in [-0.1, -0.05) is 0 Å². The number of nitrogens with zero attached hydrogens (tertiary/aromatic N) is 2. The highest BCUT2D eigenvalue weighted by Gasteiger charge is 2.45. The van der Waals surface area contributed by atoms with Gasteiger partial charge < -0.3 is 15.7 Å². The first-order valence-electron chi connectivity index (χ1n) is 7.12. The molecule has 0 bridgehead atoms. The van der Waals surface area contributed by atoms with Crippen LogP contribution in [0.3, 0.4) is 0 Å². The van der Waals surface area contributed by atoms with E-state index in [0.29, 0.717) is 19.4 Å². The maximum atomic E-state index is 11.9. The predicted octanol–water partition coefficient (Wildman–Crippen LogP) is -1.12. The minimum Gasteiger partial charge on any atom is -0.391 e. The Morgan fingerprint density at radius 2 is 2.00 bits per heavy atom. The minimum absolute atomic E-state index is 0.00785. The fraction of sp³-hybridized carbons (Fsp3) is 0.846. The minimum atomic E-state index is -3.43.